The maximum Gasteiger partial charge on any atom is 0.260 e. The largest absolute Gasteiger partial charge is 0.458 e. The Bertz CT molecular complexity index is 2730. The Kier molecular flexibility index (Phi) is 7.91. The lowest BCUT2D eigenvalue weighted by molar-refractivity contribution is 0.435. The second-order valence-corrected chi connectivity index (χ2v) is 18.7. The van der Waals surface area contributed by atoms with E-state index in [1.807, 2.05) is 48.5 Å². The average molecular weight is 787 g/mol. The third kappa shape index (κ3) is 6.03. The zero-order chi connectivity index (χ0) is 41.2. The van der Waals surface area contributed by atoms with Gasteiger partial charge in [-0.25, -0.2) is 0 Å². The van der Waals surface area contributed by atoms with E-state index in [-0.39, 0.29) is 24.3 Å². The van der Waals surface area contributed by atoms with Gasteiger partial charge in [0.25, 0.3) is 13.4 Å². The van der Waals surface area contributed by atoms with Crippen LogP contribution in [0.15, 0.2) is 121 Å². The molecule has 7 aromatic carbocycles. The molecule has 0 saturated heterocycles. The van der Waals surface area contributed by atoms with Crippen molar-refractivity contribution >= 4 is 46.2 Å². The Labute approximate surface area is 352 Å². The van der Waals surface area contributed by atoms with Crippen LogP contribution in [0.3, 0.4) is 0 Å². The minimum absolute atomic E-state index is 0.0412. The first-order chi connectivity index (χ1) is 28.7. The van der Waals surface area contributed by atoms with Crippen molar-refractivity contribution < 1.29 is 28.4 Å². The van der Waals surface area contributed by atoms with Crippen molar-refractivity contribution in [2.45, 2.75) is 66.2 Å². The fourth-order valence-electron chi connectivity index (χ4n) is 9.09. The minimum atomic E-state index is -0.146. The molecule has 0 unspecified atom stereocenters. The molecule has 4 aliphatic rings. The molecule has 7 aromatic rings. The number of hydrogen-bond donors (Lipinski definition) is 0. The summed E-state index contributed by atoms with van der Waals surface area (Å²) in [5.74, 6) is 8.68. The third-order valence-electron chi connectivity index (χ3n) is 12.2. The molecule has 0 amide bonds. The molecule has 0 radical (unpaired) electrons. The predicted octanol–water partition coefficient (Wildman–Crippen LogP) is 9.94. The van der Waals surface area contributed by atoms with Crippen molar-refractivity contribution in [3.8, 4) is 69.0 Å². The first kappa shape index (κ1) is 36.5. The lowest BCUT2D eigenvalue weighted by atomic mass is 9.31. The molecule has 0 fully saturated rings. The smallest absolute Gasteiger partial charge is 0.260 e. The van der Waals surface area contributed by atoms with Gasteiger partial charge in [-0.2, -0.15) is 0 Å². The summed E-state index contributed by atoms with van der Waals surface area (Å²) < 4.78 is 40.2. The molecule has 0 bridgehead atoms. The highest BCUT2D eigenvalue weighted by molar-refractivity contribution is 7.01. The van der Waals surface area contributed by atoms with E-state index in [2.05, 4.69) is 128 Å². The summed E-state index contributed by atoms with van der Waals surface area (Å²) in [5, 5.41) is 0. The van der Waals surface area contributed by atoms with Gasteiger partial charge in [-0.05, 0) is 105 Å². The van der Waals surface area contributed by atoms with Crippen LogP contribution in [-0.4, -0.2) is 13.4 Å². The molecule has 0 saturated carbocycles. The molecule has 0 aromatic heterocycles. The fraction of sp³-hybridized carbons (Fsp3) is 0.192. The summed E-state index contributed by atoms with van der Waals surface area (Å²) in [4.78, 5) is 0. The second kappa shape index (κ2) is 13.0. The van der Waals surface area contributed by atoms with E-state index in [1.165, 1.54) is 11.1 Å². The van der Waals surface area contributed by atoms with E-state index in [0.29, 0.717) is 23.0 Å². The number of rotatable bonds is 4. The predicted molar refractivity (Wildman–Crippen MR) is 242 cm³/mol. The van der Waals surface area contributed by atoms with Crippen LogP contribution >= 0.6 is 0 Å². The van der Waals surface area contributed by atoms with Crippen molar-refractivity contribution in [2.24, 2.45) is 0 Å². The van der Waals surface area contributed by atoms with Crippen molar-refractivity contribution in [3.63, 3.8) is 0 Å². The molecular formula is C52H44B2O6. The quantitative estimate of drug-likeness (QED) is 0.166. The van der Waals surface area contributed by atoms with Gasteiger partial charge in [-0.1, -0.05) is 96.1 Å². The van der Waals surface area contributed by atoms with E-state index >= 15 is 0 Å². The molecule has 0 N–H and O–H groups in total. The molecule has 4 aliphatic heterocycles. The Balaban J connectivity index is 1.03. The summed E-state index contributed by atoms with van der Waals surface area (Å²) in [7, 11) is 0. The molecule has 294 valence electrons. The van der Waals surface area contributed by atoms with Crippen LogP contribution in [0.25, 0.3) is 0 Å². The van der Waals surface area contributed by atoms with Gasteiger partial charge in [-0.3, -0.25) is 0 Å². The topological polar surface area (TPSA) is 55.4 Å². The monoisotopic (exact) mass is 786 g/mol. The molecule has 0 spiro atoms. The molecule has 6 nitrogen and oxygen atoms in total. The van der Waals surface area contributed by atoms with Crippen LogP contribution < -0.4 is 61.2 Å². The highest BCUT2D eigenvalue weighted by Crippen LogP contribution is 2.43. The summed E-state index contributed by atoms with van der Waals surface area (Å²) in [5.41, 5.74) is 11.0. The van der Waals surface area contributed by atoms with Gasteiger partial charge in [0.2, 0.25) is 0 Å². The first-order valence-electron chi connectivity index (χ1n) is 20.8. The number of aryl methyl sites for hydroxylation is 2. The van der Waals surface area contributed by atoms with E-state index in [0.717, 1.165) is 89.9 Å². The van der Waals surface area contributed by atoms with Crippen LogP contribution in [0.2, 0.25) is 0 Å². The molecular weight excluding hydrogens is 742 g/mol. The zero-order valence-electron chi connectivity index (χ0n) is 35.2. The van der Waals surface area contributed by atoms with Gasteiger partial charge in [0.15, 0.2) is 0 Å². The van der Waals surface area contributed by atoms with Crippen LogP contribution in [-0.2, 0) is 10.8 Å². The van der Waals surface area contributed by atoms with Crippen molar-refractivity contribution in [1.82, 2.24) is 0 Å². The van der Waals surface area contributed by atoms with Gasteiger partial charge in [-0.15, -0.1) is 0 Å². The molecule has 8 heteroatoms. The van der Waals surface area contributed by atoms with Gasteiger partial charge in [0.05, 0.1) is 0 Å². The maximum atomic E-state index is 6.90. The highest BCUT2D eigenvalue weighted by Gasteiger charge is 2.45. The van der Waals surface area contributed by atoms with Gasteiger partial charge < -0.3 is 28.4 Å². The van der Waals surface area contributed by atoms with Crippen LogP contribution in [0.4, 0.5) is 0 Å². The Morgan fingerprint density at radius 3 is 1.05 bits per heavy atom. The van der Waals surface area contributed by atoms with Crippen molar-refractivity contribution in [2.75, 3.05) is 0 Å². The molecule has 60 heavy (non-hydrogen) atoms. The van der Waals surface area contributed by atoms with Crippen molar-refractivity contribution in [3.05, 3.63) is 144 Å². The SMILES string of the molecule is Cc1ccc2c(c1)Oc1cc(Oc3ccc(C(C)(C)C)cc3)cc3c1B2c1cc2c(cc1O3)Oc1cc(Oc3ccc(C(C)(C)C)cc3)cc3c1B2c1ccc(C)cc1O3. The average Bonchev–Trinajstić information content (AvgIpc) is 3.19. The zero-order valence-corrected chi connectivity index (χ0v) is 35.2. The Morgan fingerprint density at radius 1 is 0.350 bits per heavy atom. The minimum Gasteiger partial charge on any atom is -0.458 e. The maximum absolute atomic E-state index is 6.90. The number of ether oxygens (including phenoxy) is 6. The number of fused-ring (bicyclic) bond motifs is 8. The van der Waals surface area contributed by atoms with Gasteiger partial charge >= 0.3 is 0 Å². The molecule has 11 rings (SSSR count). The number of benzene rings is 7. The summed E-state index contributed by atoms with van der Waals surface area (Å²) >= 11 is 0. The Hall–Kier alpha value is -6.53. The van der Waals surface area contributed by atoms with Crippen molar-refractivity contribution in [1.29, 1.82) is 0 Å². The van der Waals surface area contributed by atoms with E-state index < -0.39 is 0 Å². The van der Waals surface area contributed by atoms with E-state index in [4.69, 9.17) is 28.4 Å². The summed E-state index contributed by atoms with van der Waals surface area (Å²) in [6, 6.07) is 41.8. The third-order valence-corrected chi connectivity index (χ3v) is 12.2. The Morgan fingerprint density at radius 2 is 0.700 bits per heavy atom. The lowest BCUT2D eigenvalue weighted by Crippen LogP contribution is -2.61. The number of hydrogen-bond acceptors (Lipinski definition) is 6. The van der Waals surface area contributed by atoms with Crippen LogP contribution in [0.1, 0.15) is 63.8 Å². The molecule has 0 aliphatic carbocycles. The normalized spacial score (nSPS) is 13.8. The second-order valence-electron chi connectivity index (χ2n) is 18.7. The highest BCUT2D eigenvalue weighted by atomic mass is 16.5. The fourth-order valence-corrected chi connectivity index (χ4v) is 9.09. The molecule has 4 heterocycles. The van der Waals surface area contributed by atoms with Gasteiger partial charge in [0.1, 0.15) is 69.0 Å². The summed E-state index contributed by atoms with van der Waals surface area (Å²) in [6.07, 6.45) is 0. The van der Waals surface area contributed by atoms with Crippen LogP contribution in [0.5, 0.6) is 69.0 Å². The van der Waals surface area contributed by atoms with Crippen LogP contribution in [0, 0.1) is 13.8 Å². The lowest BCUT2D eigenvalue weighted by Gasteiger charge is -2.37. The molecule has 0 atom stereocenters. The van der Waals surface area contributed by atoms with E-state index in [1.54, 1.807) is 0 Å². The first-order valence-corrected chi connectivity index (χ1v) is 20.8. The van der Waals surface area contributed by atoms with E-state index in [9.17, 15) is 0 Å². The van der Waals surface area contributed by atoms with Gasteiger partial charge in [0, 0.05) is 41.3 Å². The standard InChI is InChI=1S/C52H44B2O6/c1-29-9-19-37-41(21-29)57-45-23-35(55-33-15-11-31(12-16-33)51(3,4)5)25-47-49(45)53(37)39-27-40-44(28-43(39)59-47)60-48-26-36(56-34-17-13-32(14-18-34)52(6,7)8)24-46-50(48)54(40)38-20-10-30(2)22-42(38)58-46/h9-28H,1-8H3. The summed E-state index contributed by atoms with van der Waals surface area (Å²) in [6.45, 7) is 17.1.